The molecule has 18 heavy (non-hydrogen) atoms. The molecule has 0 unspecified atom stereocenters. The number of hydrogen-bond donors (Lipinski definition) is 0. The lowest BCUT2D eigenvalue weighted by molar-refractivity contribution is 0.202. The predicted molar refractivity (Wildman–Crippen MR) is 74.7 cm³/mol. The third-order valence-corrected chi connectivity index (χ3v) is 3.23. The van der Waals surface area contributed by atoms with Gasteiger partial charge < -0.3 is 9.64 Å². The molecule has 0 aliphatic heterocycles. The van der Waals surface area contributed by atoms with E-state index in [0.29, 0.717) is 18.2 Å². The largest absolute Gasteiger partial charge is 0.383 e. The molecule has 0 N–H and O–H groups in total. The molecule has 0 aromatic heterocycles. The van der Waals surface area contributed by atoms with Crippen molar-refractivity contribution in [2.24, 2.45) is 0 Å². The summed E-state index contributed by atoms with van der Waals surface area (Å²) in [5.41, 5.74) is 1.82. The van der Waals surface area contributed by atoms with Crippen LogP contribution in [-0.4, -0.2) is 26.3 Å². The number of ether oxygens (including phenoxy) is 1. The second-order valence-corrected chi connectivity index (χ2v) is 4.32. The number of benzene rings is 1. The van der Waals surface area contributed by atoms with Gasteiger partial charge in [-0.1, -0.05) is 19.9 Å². The van der Waals surface area contributed by atoms with Crippen molar-refractivity contribution < 1.29 is 4.74 Å². The lowest BCUT2D eigenvalue weighted by atomic mass is 10.1. The third kappa shape index (κ3) is 3.75. The van der Waals surface area contributed by atoms with Gasteiger partial charge in [0.05, 0.1) is 18.2 Å². The average Bonchev–Trinajstić information content (AvgIpc) is 2.43. The van der Waals surface area contributed by atoms with E-state index in [9.17, 15) is 0 Å². The third-order valence-electron chi connectivity index (χ3n) is 3.23. The van der Waals surface area contributed by atoms with Crippen LogP contribution in [0.5, 0.6) is 0 Å². The molecule has 0 radical (unpaired) electrons. The van der Waals surface area contributed by atoms with E-state index in [1.165, 1.54) is 0 Å². The van der Waals surface area contributed by atoms with E-state index >= 15 is 0 Å². The van der Waals surface area contributed by atoms with Crippen LogP contribution in [0.3, 0.4) is 0 Å². The molecule has 0 bridgehead atoms. The first-order valence-electron chi connectivity index (χ1n) is 6.52. The lowest BCUT2D eigenvalue weighted by Gasteiger charge is -2.32. The minimum absolute atomic E-state index is 0.495. The first-order valence-corrected chi connectivity index (χ1v) is 6.52. The van der Waals surface area contributed by atoms with E-state index in [2.05, 4.69) is 30.9 Å². The van der Waals surface area contributed by atoms with E-state index in [4.69, 9.17) is 10.00 Å². The maximum atomic E-state index is 8.98. The Labute approximate surface area is 110 Å². The Morgan fingerprint density at radius 3 is 2.61 bits per heavy atom. The zero-order valence-corrected chi connectivity index (χ0v) is 11.5. The van der Waals surface area contributed by atoms with Crippen LogP contribution < -0.4 is 4.90 Å². The highest BCUT2D eigenvalue weighted by molar-refractivity contribution is 5.52. The first-order chi connectivity index (χ1) is 8.76. The fourth-order valence-corrected chi connectivity index (χ4v) is 2.20. The Bertz CT molecular complexity index is 394. The summed E-state index contributed by atoms with van der Waals surface area (Å²) in [6.07, 6.45) is 2.19. The van der Waals surface area contributed by atoms with Gasteiger partial charge in [0.2, 0.25) is 0 Å². The summed E-state index contributed by atoms with van der Waals surface area (Å²) < 4.78 is 5.18. The van der Waals surface area contributed by atoms with Crippen molar-refractivity contribution in [3.63, 3.8) is 0 Å². The van der Waals surface area contributed by atoms with Gasteiger partial charge in [-0.3, -0.25) is 0 Å². The van der Waals surface area contributed by atoms with Gasteiger partial charge in [0.25, 0.3) is 0 Å². The molecule has 0 atom stereocenters. The average molecular weight is 246 g/mol. The van der Waals surface area contributed by atoms with Gasteiger partial charge in [-0.25, -0.2) is 0 Å². The second-order valence-electron chi connectivity index (χ2n) is 4.32. The summed E-state index contributed by atoms with van der Waals surface area (Å²) in [5, 5.41) is 8.98. The number of rotatable bonds is 7. The number of anilines is 1. The zero-order valence-electron chi connectivity index (χ0n) is 11.5. The minimum atomic E-state index is 0.495. The molecular formula is C15H22N2O. The fraction of sp³-hybridized carbons (Fsp3) is 0.533. The van der Waals surface area contributed by atoms with Gasteiger partial charge in [-0.15, -0.1) is 0 Å². The van der Waals surface area contributed by atoms with Crippen molar-refractivity contribution >= 4 is 5.69 Å². The predicted octanol–water partition coefficient (Wildman–Crippen LogP) is 3.20. The Morgan fingerprint density at radius 1 is 1.33 bits per heavy atom. The summed E-state index contributed by atoms with van der Waals surface area (Å²) in [6, 6.07) is 10.5. The van der Waals surface area contributed by atoms with Gasteiger partial charge in [-0.2, -0.15) is 5.26 Å². The molecule has 0 saturated heterocycles. The Balaban J connectivity index is 2.96. The van der Waals surface area contributed by atoms with Crippen molar-refractivity contribution in [3.05, 3.63) is 29.8 Å². The number of nitriles is 1. The molecule has 3 heteroatoms. The summed E-state index contributed by atoms with van der Waals surface area (Å²) >= 11 is 0. The van der Waals surface area contributed by atoms with Crippen LogP contribution >= 0.6 is 0 Å². The van der Waals surface area contributed by atoms with E-state index in [1.807, 2.05) is 18.2 Å². The normalized spacial score (nSPS) is 10.4. The summed E-state index contributed by atoms with van der Waals surface area (Å²) in [4.78, 5) is 2.34. The summed E-state index contributed by atoms with van der Waals surface area (Å²) in [5.74, 6) is 0. The van der Waals surface area contributed by atoms with Gasteiger partial charge in [-0.05, 0) is 31.0 Å². The van der Waals surface area contributed by atoms with Crippen LogP contribution in [0.25, 0.3) is 0 Å². The topological polar surface area (TPSA) is 36.3 Å². The van der Waals surface area contributed by atoms with Crippen LogP contribution in [-0.2, 0) is 4.74 Å². The second kappa shape index (κ2) is 7.73. The molecule has 1 rings (SSSR count). The van der Waals surface area contributed by atoms with Gasteiger partial charge in [0.15, 0.2) is 0 Å². The van der Waals surface area contributed by atoms with Crippen LogP contribution in [0, 0.1) is 11.3 Å². The number of hydrogen-bond acceptors (Lipinski definition) is 3. The molecule has 98 valence electrons. The van der Waals surface area contributed by atoms with Crippen molar-refractivity contribution in [1.29, 1.82) is 5.26 Å². The maximum Gasteiger partial charge on any atom is 0.0992 e. The smallest absolute Gasteiger partial charge is 0.0992 e. The van der Waals surface area contributed by atoms with Crippen molar-refractivity contribution in [1.82, 2.24) is 0 Å². The molecule has 0 spiro atoms. The monoisotopic (exact) mass is 246 g/mol. The highest BCUT2D eigenvalue weighted by Crippen LogP contribution is 2.21. The lowest BCUT2D eigenvalue weighted by Crippen LogP contribution is -2.37. The summed E-state index contributed by atoms with van der Waals surface area (Å²) in [7, 11) is 1.72. The Morgan fingerprint density at radius 2 is 2.06 bits per heavy atom. The highest BCUT2D eigenvalue weighted by atomic mass is 16.5. The van der Waals surface area contributed by atoms with Gasteiger partial charge in [0, 0.05) is 25.4 Å². The maximum absolute atomic E-state index is 8.98. The van der Waals surface area contributed by atoms with E-state index in [-0.39, 0.29) is 0 Å². The van der Waals surface area contributed by atoms with Crippen LogP contribution in [0.4, 0.5) is 5.69 Å². The Hall–Kier alpha value is -1.53. The fourth-order valence-electron chi connectivity index (χ4n) is 2.20. The minimum Gasteiger partial charge on any atom is -0.383 e. The van der Waals surface area contributed by atoms with Gasteiger partial charge >= 0.3 is 0 Å². The van der Waals surface area contributed by atoms with E-state index < -0.39 is 0 Å². The van der Waals surface area contributed by atoms with E-state index in [0.717, 1.165) is 25.1 Å². The van der Waals surface area contributed by atoms with Crippen LogP contribution in [0.2, 0.25) is 0 Å². The Kier molecular flexibility index (Phi) is 6.24. The molecule has 0 heterocycles. The molecule has 0 amide bonds. The van der Waals surface area contributed by atoms with Crippen LogP contribution in [0.15, 0.2) is 24.3 Å². The SMILES string of the molecule is CCC(CC)N(CCOC)c1cccc(C#N)c1. The molecule has 1 aromatic rings. The number of nitrogens with zero attached hydrogens (tertiary/aromatic N) is 2. The van der Waals surface area contributed by atoms with Gasteiger partial charge in [0.1, 0.15) is 0 Å². The van der Waals surface area contributed by atoms with Crippen molar-refractivity contribution in [2.45, 2.75) is 32.7 Å². The standard InChI is InChI=1S/C15H22N2O/c1-4-14(5-2)17(9-10-18-3)15-8-6-7-13(11-15)12-16/h6-8,11,14H,4-5,9-10H2,1-3H3. The van der Waals surface area contributed by atoms with Crippen molar-refractivity contribution in [3.8, 4) is 6.07 Å². The zero-order chi connectivity index (χ0) is 13.4. The molecule has 0 aliphatic rings. The van der Waals surface area contributed by atoms with Crippen molar-refractivity contribution in [2.75, 3.05) is 25.2 Å². The molecule has 0 saturated carbocycles. The first kappa shape index (κ1) is 14.5. The van der Waals surface area contributed by atoms with E-state index in [1.54, 1.807) is 7.11 Å². The van der Waals surface area contributed by atoms with Crippen LogP contribution in [0.1, 0.15) is 32.3 Å². The molecule has 0 fully saturated rings. The molecule has 3 nitrogen and oxygen atoms in total. The number of methoxy groups -OCH3 is 1. The molecule has 0 aliphatic carbocycles. The summed E-state index contributed by atoms with van der Waals surface area (Å²) in [6.45, 7) is 5.95. The molecular weight excluding hydrogens is 224 g/mol. The highest BCUT2D eigenvalue weighted by Gasteiger charge is 2.15. The molecule has 1 aromatic carbocycles. The quantitative estimate of drug-likeness (QED) is 0.741.